The molecular weight excluding hydrogens is 282 g/mol. The maximum atomic E-state index is 9.48. The number of aromatic amines is 1. The van der Waals surface area contributed by atoms with Crippen LogP contribution in [0, 0.1) is 0 Å². The van der Waals surface area contributed by atoms with E-state index in [2.05, 4.69) is 21.2 Å². The lowest BCUT2D eigenvalue weighted by Crippen LogP contribution is -1.73. The monoisotopic (exact) mass is 293 g/mol. The van der Waals surface area contributed by atoms with Crippen LogP contribution in [0.25, 0.3) is 33.3 Å². The molecule has 0 radical (unpaired) electrons. The summed E-state index contributed by atoms with van der Waals surface area (Å²) in [6, 6.07) is 11.4. The van der Waals surface area contributed by atoms with Crippen molar-refractivity contribution in [3.05, 3.63) is 53.2 Å². The van der Waals surface area contributed by atoms with Crippen molar-refractivity contribution in [3.8, 4) is 5.75 Å². The van der Waals surface area contributed by atoms with Crippen molar-refractivity contribution in [2.75, 3.05) is 0 Å². The van der Waals surface area contributed by atoms with Crippen LogP contribution in [0.5, 0.6) is 5.75 Å². The van der Waals surface area contributed by atoms with Crippen LogP contribution in [0.3, 0.4) is 0 Å². The van der Waals surface area contributed by atoms with Crippen LogP contribution in [0.2, 0.25) is 0 Å². The van der Waals surface area contributed by atoms with Crippen molar-refractivity contribution >= 4 is 44.6 Å². The molecule has 4 nitrogen and oxygen atoms in total. The van der Waals surface area contributed by atoms with Gasteiger partial charge in [0.15, 0.2) is 0 Å². The average Bonchev–Trinajstić information content (AvgIpc) is 3.09. The highest BCUT2D eigenvalue weighted by Gasteiger charge is 2.02. The first-order valence-corrected chi connectivity index (χ1v) is 7.30. The normalized spacial score (nSPS) is 11.8. The van der Waals surface area contributed by atoms with Crippen molar-refractivity contribution in [3.63, 3.8) is 0 Å². The van der Waals surface area contributed by atoms with Gasteiger partial charge in [0, 0.05) is 5.39 Å². The summed E-state index contributed by atoms with van der Waals surface area (Å²) in [4.78, 5) is 4.52. The Morgan fingerprint density at radius 3 is 3.00 bits per heavy atom. The smallest absolute Gasteiger partial charge is 0.117 e. The topological polar surface area (TPSA) is 61.8 Å². The molecule has 0 saturated heterocycles. The maximum absolute atomic E-state index is 9.48. The number of hydrogen-bond acceptors (Lipinski definition) is 4. The highest BCUT2D eigenvalue weighted by molar-refractivity contribution is 7.19. The molecule has 0 bridgehead atoms. The van der Waals surface area contributed by atoms with Crippen LogP contribution in [0.15, 0.2) is 42.6 Å². The molecule has 0 atom stereocenters. The van der Waals surface area contributed by atoms with Crippen LogP contribution < -0.4 is 0 Å². The summed E-state index contributed by atoms with van der Waals surface area (Å²) in [6.45, 7) is 0. The predicted molar refractivity (Wildman–Crippen MR) is 86.3 cm³/mol. The molecule has 0 aliphatic carbocycles. The molecule has 21 heavy (non-hydrogen) atoms. The number of benzene rings is 2. The maximum Gasteiger partial charge on any atom is 0.117 e. The first kappa shape index (κ1) is 12.1. The van der Waals surface area contributed by atoms with Gasteiger partial charge in [-0.15, -0.1) is 11.3 Å². The predicted octanol–water partition coefficient (Wildman–Crippen LogP) is 4.05. The van der Waals surface area contributed by atoms with Gasteiger partial charge in [0.2, 0.25) is 0 Å². The second-order valence-corrected chi connectivity index (χ2v) is 5.82. The van der Waals surface area contributed by atoms with E-state index in [9.17, 15) is 5.11 Å². The summed E-state index contributed by atoms with van der Waals surface area (Å²) in [5.74, 6) is 0.270. The number of aromatic hydroxyl groups is 1. The fourth-order valence-corrected chi connectivity index (χ4v) is 3.14. The second-order valence-electron chi connectivity index (χ2n) is 4.75. The van der Waals surface area contributed by atoms with Crippen LogP contribution in [-0.2, 0) is 0 Å². The Kier molecular flexibility index (Phi) is 2.72. The van der Waals surface area contributed by atoms with Gasteiger partial charge in [0.25, 0.3) is 0 Å². The van der Waals surface area contributed by atoms with Gasteiger partial charge in [-0.05, 0) is 42.0 Å². The van der Waals surface area contributed by atoms with E-state index in [4.69, 9.17) is 0 Å². The molecule has 5 heteroatoms. The van der Waals surface area contributed by atoms with E-state index in [1.807, 2.05) is 36.5 Å². The Morgan fingerprint density at radius 2 is 2.05 bits per heavy atom. The molecule has 2 aromatic heterocycles. The van der Waals surface area contributed by atoms with Gasteiger partial charge in [-0.25, -0.2) is 4.98 Å². The fourth-order valence-electron chi connectivity index (χ4n) is 2.23. The second kappa shape index (κ2) is 4.71. The molecule has 0 aliphatic heterocycles. The van der Waals surface area contributed by atoms with E-state index in [1.165, 1.54) is 0 Å². The quantitative estimate of drug-likeness (QED) is 0.586. The zero-order valence-electron chi connectivity index (χ0n) is 10.9. The Morgan fingerprint density at radius 1 is 1.10 bits per heavy atom. The Balaban J connectivity index is 1.69. The minimum atomic E-state index is 0.270. The van der Waals surface area contributed by atoms with Crippen molar-refractivity contribution < 1.29 is 5.11 Å². The van der Waals surface area contributed by atoms with Crippen LogP contribution >= 0.6 is 11.3 Å². The highest BCUT2D eigenvalue weighted by atomic mass is 32.1. The average molecular weight is 293 g/mol. The van der Waals surface area contributed by atoms with E-state index in [1.54, 1.807) is 23.5 Å². The van der Waals surface area contributed by atoms with E-state index in [0.29, 0.717) is 0 Å². The van der Waals surface area contributed by atoms with Crippen LogP contribution in [-0.4, -0.2) is 20.3 Å². The summed E-state index contributed by atoms with van der Waals surface area (Å²) in [5.41, 5.74) is 3.04. The molecule has 0 amide bonds. The number of hydrogen-bond donors (Lipinski definition) is 2. The number of rotatable bonds is 2. The number of phenols is 1. The lowest BCUT2D eigenvalue weighted by atomic mass is 10.1. The number of thiazole rings is 1. The van der Waals surface area contributed by atoms with Gasteiger partial charge >= 0.3 is 0 Å². The highest BCUT2D eigenvalue weighted by Crippen LogP contribution is 2.27. The molecule has 102 valence electrons. The summed E-state index contributed by atoms with van der Waals surface area (Å²) >= 11 is 1.56. The van der Waals surface area contributed by atoms with Crippen molar-refractivity contribution in [1.29, 1.82) is 0 Å². The minimum Gasteiger partial charge on any atom is -0.508 e. The summed E-state index contributed by atoms with van der Waals surface area (Å²) in [6.07, 6.45) is 5.83. The third-order valence-electron chi connectivity index (χ3n) is 3.27. The number of nitrogens with zero attached hydrogens (tertiary/aromatic N) is 2. The van der Waals surface area contributed by atoms with Crippen molar-refractivity contribution in [2.45, 2.75) is 0 Å². The molecule has 0 fully saturated rings. The first-order valence-electron chi connectivity index (χ1n) is 6.49. The van der Waals surface area contributed by atoms with Gasteiger partial charge in [0.05, 0.1) is 21.9 Å². The lowest BCUT2D eigenvalue weighted by molar-refractivity contribution is 0.476. The molecule has 2 heterocycles. The number of fused-ring (bicyclic) bond motifs is 2. The molecule has 0 spiro atoms. The Labute approximate surface area is 124 Å². The molecule has 4 aromatic rings. The zero-order chi connectivity index (χ0) is 14.2. The van der Waals surface area contributed by atoms with Gasteiger partial charge in [-0.2, -0.15) is 5.10 Å². The molecular formula is C16H11N3OS. The summed E-state index contributed by atoms with van der Waals surface area (Å²) in [7, 11) is 0. The number of phenolic OH excluding ortho intramolecular Hbond substituents is 1. The Hall–Kier alpha value is -2.66. The van der Waals surface area contributed by atoms with E-state index in [0.717, 1.165) is 31.7 Å². The van der Waals surface area contributed by atoms with Gasteiger partial charge in [0.1, 0.15) is 10.8 Å². The SMILES string of the molecule is Oc1ccc2nc(/C=C/c3ccc4[nH]ncc4c3)sc2c1. The third-order valence-corrected chi connectivity index (χ3v) is 4.25. The van der Waals surface area contributed by atoms with E-state index in [-0.39, 0.29) is 5.75 Å². The minimum absolute atomic E-state index is 0.270. The van der Waals surface area contributed by atoms with Gasteiger partial charge in [-0.1, -0.05) is 12.1 Å². The van der Waals surface area contributed by atoms with Gasteiger partial charge in [-0.3, -0.25) is 5.10 Å². The number of nitrogens with one attached hydrogen (secondary N) is 1. The molecule has 0 unspecified atom stereocenters. The number of aromatic nitrogens is 3. The standard InChI is InChI=1S/C16H11N3OS/c20-12-3-5-14-15(8-12)21-16(18-14)6-2-10-1-4-13-11(7-10)9-17-19-13/h1-9,20H,(H,17,19)/b6-2+. The first-order chi connectivity index (χ1) is 10.3. The lowest BCUT2D eigenvalue weighted by Gasteiger charge is -1.92. The fraction of sp³-hybridized carbons (Fsp3) is 0. The Bertz CT molecular complexity index is 968. The molecule has 0 saturated carbocycles. The summed E-state index contributed by atoms with van der Waals surface area (Å²) in [5, 5.41) is 18.4. The molecule has 2 N–H and O–H groups in total. The number of H-pyrrole nitrogens is 1. The molecule has 2 aromatic carbocycles. The van der Waals surface area contributed by atoms with Crippen LogP contribution in [0.4, 0.5) is 0 Å². The van der Waals surface area contributed by atoms with Gasteiger partial charge < -0.3 is 5.11 Å². The largest absolute Gasteiger partial charge is 0.508 e. The summed E-state index contributed by atoms with van der Waals surface area (Å²) < 4.78 is 0.986. The van der Waals surface area contributed by atoms with Crippen molar-refractivity contribution in [1.82, 2.24) is 15.2 Å². The molecule has 0 aliphatic rings. The van der Waals surface area contributed by atoms with Crippen LogP contribution in [0.1, 0.15) is 10.6 Å². The van der Waals surface area contributed by atoms with E-state index < -0.39 is 0 Å². The third kappa shape index (κ3) is 2.28. The zero-order valence-corrected chi connectivity index (χ0v) is 11.8. The molecule has 4 rings (SSSR count). The van der Waals surface area contributed by atoms with Crippen molar-refractivity contribution in [2.24, 2.45) is 0 Å². The van der Waals surface area contributed by atoms with E-state index >= 15 is 0 Å².